The van der Waals surface area contributed by atoms with E-state index in [1.165, 1.54) is 89.9 Å². The smallest absolute Gasteiger partial charge is 0.387 e. The Morgan fingerprint density at radius 2 is 1.27 bits per heavy atom. The van der Waals surface area contributed by atoms with E-state index in [1.807, 2.05) is 6.08 Å². The molecule has 0 saturated carbocycles. The van der Waals surface area contributed by atoms with E-state index in [0.29, 0.717) is 6.42 Å². The predicted octanol–water partition coefficient (Wildman–Crippen LogP) is 7.71. The van der Waals surface area contributed by atoms with Crippen LogP contribution in [0, 0.1) is 0 Å². The van der Waals surface area contributed by atoms with Crippen molar-refractivity contribution in [3.8, 4) is 0 Å². The number of carbonyl (C=O) groups excluding carboxylic acids is 1. The Morgan fingerprint density at radius 3 is 1.77 bits per heavy atom. The Morgan fingerprint density at radius 1 is 0.800 bits per heavy atom. The lowest BCUT2D eigenvalue weighted by molar-refractivity contribution is -0.123. The molecule has 0 rings (SSSR count). The Kier molecular flexibility index (Phi) is 27.8. The highest BCUT2D eigenvalue weighted by Gasteiger charge is 2.26. The van der Waals surface area contributed by atoms with Crippen LogP contribution in [0.3, 0.4) is 0 Å². The molecule has 0 bridgehead atoms. The first-order chi connectivity index (χ1) is 19.4. The van der Waals surface area contributed by atoms with Crippen molar-refractivity contribution in [2.45, 2.75) is 161 Å². The summed E-state index contributed by atoms with van der Waals surface area (Å²) in [7, 11) is -4.32. The fourth-order valence-corrected chi connectivity index (χ4v) is 5.36. The molecule has 0 spiro atoms. The van der Waals surface area contributed by atoms with Crippen LogP contribution in [0.15, 0.2) is 12.2 Å². The lowest BCUT2D eigenvalue weighted by Crippen LogP contribution is -2.45. The van der Waals surface area contributed by atoms with Gasteiger partial charge in [0.1, 0.15) is 0 Å². The molecule has 9 heteroatoms. The molecule has 0 aromatic heterocycles. The molecule has 3 unspecified atom stereocenters. The van der Waals surface area contributed by atoms with Gasteiger partial charge in [0.15, 0.2) is 0 Å². The third-order valence-electron chi connectivity index (χ3n) is 7.11. The highest BCUT2D eigenvalue weighted by molar-refractivity contribution is 7.47. The molecule has 0 radical (unpaired) electrons. The van der Waals surface area contributed by atoms with Crippen LogP contribution >= 0.6 is 7.82 Å². The van der Waals surface area contributed by atoms with E-state index >= 15 is 0 Å². The number of rotatable bonds is 30. The number of amides is 1. The average molecular weight is 591 g/mol. The molecule has 8 nitrogen and oxygen atoms in total. The number of unbranched alkanes of at least 4 members (excludes halogenated alkanes) is 18. The Hall–Kier alpha value is -0.760. The second-order valence-corrected chi connectivity index (χ2v) is 12.5. The van der Waals surface area contributed by atoms with Gasteiger partial charge in [-0.3, -0.25) is 13.8 Å². The van der Waals surface area contributed by atoms with Crippen LogP contribution in [0.4, 0.5) is 0 Å². The number of allylic oxidation sites excluding steroid dienone is 1. The van der Waals surface area contributed by atoms with Crippen molar-refractivity contribution >= 4 is 13.7 Å². The van der Waals surface area contributed by atoms with E-state index in [9.17, 15) is 19.4 Å². The molecule has 0 aliphatic rings. The highest BCUT2D eigenvalue weighted by Crippen LogP contribution is 2.43. The summed E-state index contributed by atoms with van der Waals surface area (Å²) < 4.78 is 21.9. The van der Waals surface area contributed by atoms with Crippen molar-refractivity contribution < 1.29 is 28.4 Å². The minimum Gasteiger partial charge on any atom is -0.387 e. The highest BCUT2D eigenvalue weighted by atomic mass is 31.2. The van der Waals surface area contributed by atoms with Crippen molar-refractivity contribution in [2.75, 3.05) is 19.8 Å². The molecule has 3 atom stereocenters. The number of carbonyl (C=O) groups is 1. The van der Waals surface area contributed by atoms with Crippen LogP contribution in [0.25, 0.3) is 0 Å². The number of nitrogens with one attached hydrogen (secondary N) is 1. The largest absolute Gasteiger partial charge is 0.472 e. The average Bonchev–Trinajstić information content (AvgIpc) is 2.93. The van der Waals surface area contributed by atoms with Gasteiger partial charge in [-0.25, -0.2) is 4.57 Å². The summed E-state index contributed by atoms with van der Waals surface area (Å²) in [6, 6.07) is -0.850. The van der Waals surface area contributed by atoms with Gasteiger partial charge in [0, 0.05) is 13.0 Å². The fourth-order valence-electron chi connectivity index (χ4n) is 4.60. The fraction of sp³-hybridized carbons (Fsp3) is 0.903. The van der Waals surface area contributed by atoms with E-state index in [2.05, 4.69) is 19.2 Å². The van der Waals surface area contributed by atoms with E-state index < -0.39 is 20.0 Å². The molecule has 0 aromatic carbocycles. The van der Waals surface area contributed by atoms with Gasteiger partial charge in [-0.2, -0.15) is 0 Å². The molecule has 0 aliphatic carbocycles. The monoisotopic (exact) mass is 590 g/mol. The van der Waals surface area contributed by atoms with Crippen LogP contribution in [0.1, 0.15) is 149 Å². The van der Waals surface area contributed by atoms with Crippen LogP contribution in [-0.2, 0) is 18.4 Å². The zero-order valence-electron chi connectivity index (χ0n) is 25.8. The predicted molar refractivity (Wildman–Crippen MR) is 166 cm³/mol. The summed E-state index contributed by atoms with van der Waals surface area (Å²) in [6.07, 6.45) is 26.8. The number of phosphoric acid groups is 1. The van der Waals surface area contributed by atoms with E-state index in [4.69, 9.17) is 14.8 Å². The van der Waals surface area contributed by atoms with Gasteiger partial charge in [0.2, 0.25) is 5.91 Å². The molecular weight excluding hydrogens is 527 g/mol. The SMILES string of the molecule is CCCCCCCCCCCCC=CC(O)C(COP(=O)(O)OCCN)NC(=O)CCCCCCCCCCC. The number of aliphatic hydroxyl groups excluding tert-OH is 1. The number of hydrogen-bond donors (Lipinski definition) is 4. The Balaban J connectivity index is 4.43. The Bertz CT molecular complexity index is 649. The third-order valence-corrected chi connectivity index (χ3v) is 8.10. The van der Waals surface area contributed by atoms with Crippen LogP contribution in [-0.4, -0.2) is 47.8 Å². The Labute approximate surface area is 245 Å². The van der Waals surface area contributed by atoms with Gasteiger partial charge in [0.25, 0.3) is 0 Å². The maximum atomic E-state index is 12.6. The van der Waals surface area contributed by atoms with E-state index in [0.717, 1.165) is 38.5 Å². The normalized spacial score (nSPS) is 14.8. The molecular formula is C31H63N2O6P. The van der Waals surface area contributed by atoms with Crippen molar-refractivity contribution in [1.82, 2.24) is 5.32 Å². The number of phosphoric ester groups is 1. The van der Waals surface area contributed by atoms with Crippen molar-refractivity contribution in [2.24, 2.45) is 5.73 Å². The van der Waals surface area contributed by atoms with Crippen molar-refractivity contribution in [3.05, 3.63) is 12.2 Å². The van der Waals surface area contributed by atoms with Gasteiger partial charge >= 0.3 is 7.82 Å². The molecule has 40 heavy (non-hydrogen) atoms. The summed E-state index contributed by atoms with van der Waals surface area (Å²) in [5.41, 5.74) is 5.33. The molecule has 0 aliphatic heterocycles. The molecule has 0 aromatic rings. The van der Waals surface area contributed by atoms with Gasteiger partial charge < -0.3 is 21.1 Å². The number of nitrogens with two attached hydrogens (primary N) is 1. The van der Waals surface area contributed by atoms with Crippen LogP contribution in [0.5, 0.6) is 0 Å². The van der Waals surface area contributed by atoms with Crippen LogP contribution in [0.2, 0.25) is 0 Å². The molecule has 5 N–H and O–H groups in total. The number of aliphatic hydroxyl groups is 1. The van der Waals surface area contributed by atoms with Crippen molar-refractivity contribution in [3.63, 3.8) is 0 Å². The minimum absolute atomic E-state index is 0.0805. The standard InChI is InChI=1S/C31H63N2O6P/c1-3-5-7-9-11-13-14-15-17-18-20-22-24-30(34)29(28-39-40(36,37)38-27-26-32)33-31(35)25-23-21-19-16-12-10-8-6-4-2/h22,24,29-30,34H,3-21,23,25-28,32H2,1-2H3,(H,33,35)(H,36,37). The lowest BCUT2D eigenvalue weighted by atomic mass is 10.1. The lowest BCUT2D eigenvalue weighted by Gasteiger charge is -2.23. The topological polar surface area (TPSA) is 131 Å². The second-order valence-electron chi connectivity index (χ2n) is 11.0. The summed E-state index contributed by atoms with van der Waals surface area (Å²) in [6.45, 7) is 4.08. The van der Waals surface area contributed by atoms with Crippen molar-refractivity contribution in [1.29, 1.82) is 0 Å². The van der Waals surface area contributed by atoms with Crippen LogP contribution < -0.4 is 11.1 Å². The summed E-state index contributed by atoms with van der Waals surface area (Å²) in [4.78, 5) is 22.4. The van der Waals surface area contributed by atoms with Gasteiger partial charge in [-0.1, -0.05) is 135 Å². The summed E-state index contributed by atoms with van der Waals surface area (Å²) >= 11 is 0. The molecule has 1 amide bonds. The molecule has 0 heterocycles. The number of hydrogen-bond acceptors (Lipinski definition) is 6. The third kappa shape index (κ3) is 26.2. The molecule has 238 valence electrons. The minimum atomic E-state index is -4.32. The zero-order valence-corrected chi connectivity index (χ0v) is 26.7. The zero-order chi connectivity index (χ0) is 29.7. The quantitative estimate of drug-likeness (QED) is 0.0383. The first-order valence-corrected chi connectivity index (χ1v) is 17.8. The molecule has 0 saturated heterocycles. The van der Waals surface area contributed by atoms with Gasteiger partial charge in [-0.05, 0) is 19.3 Å². The second kappa shape index (κ2) is 28.4. The first kappa shape index (κ1) is 39.2. The van der Waals surface area contributed by atoms with Gasteiger partial charge in [-0.15, -0.1) is 0 Å². The van der Waals surface area contributed by atoms with Gasteiger partial charge in [0.05, 0.1) is 25.4 Å². The van der Waals surface area contributed by atoms with E-state index in [1.54, 1.807) is 6.08 Å². The summed E-state index contributed by atoms with van der Waals surface area (Å²) in [5.74, 6) is -0.200. The first-order valence-electron chi connectivity index (χ1n) is 16.3. The van der Waals surface area contributed by atoms with E-state index in [-0.39, 0.29) is 25.7 Å². The maximum absolute atomic E-state index is 12.6. The molecule has 0 fully saturated rings. The maximum Gasteiger partial charge on any atom is 0.472 e. The summed E-state index contributed by atoms with van der Waals surface area (Å²) in [5, 5.41) is 13.5.